The van der Waals surface area contributed by atoms with Gasteiger partial charge < -0.3 is 5.32 Å². The maximum absolute atomic E-state index is 13.6. The van der Waals surface area contributed by atoms with Gasteiger partial charge in [0.05, 0.1) is 23.1 Å². The van der Waals surface area contributed by atoms with Gasteiger partial charge in [0, 0.05) is 6.20 Å². The normalized spacial score (nSPS) is 9.71. The summed E-state index contributed by atoms with van der Waals surface area (Å²) in [5.74, 6) is -0.349. The van der Waals surface area contributed by atoms with Crippen molar-refractivity contribution in [3.05, 3.63) is 53.6 Å². The summed E-state index contributed by atoms with van der Waals surface area (Å²) in [6.45, 7) is 1.82. The molecule has 0 fully saturated rings. The predicted molar refractivity (Wildman–Crippen MR) is 63.4 cm³/mol. The lowest BCUT2D eigenvalue weighted by molar-refractivity contribution is 0.630. The van der Waals surface area contributed by atoms with Crippen LogP contribution in [0.25, 0.3) is 0 Å². The zero-order valence-corrected chi connectivity index (χ0v) is 9.24. The average molecular weight is 227 g/mol. The van der Waals surface area contributed by atoms with Crippen LogP contribution in [-0.2, 0) is 0 Å². The van der Waals surface area contributed by atoms with E-state index < -0.39 is 0 Å². The first kappa shape index (κ1) is 11.1. The molecule has 0 bridgehead atoms. The molecule has 1 aromatic heterocycles. The van der Waals surface area contributed by atoms with Gasteiger partial charge in [0.15, 0.2) is 0 Å². The van der Waals surface area contributed by atoms with Gasteiger partial charge >= 0.3 is 0 Å². The first-order chi connectivity index (χ1) is 8.20. The minimum atomic E-state index is -0.349. The van der Waals surface area contributed by atoms with Crippen molar-refractivity contribution >= 4 is 11.4 Å². The maximum Gasteiger partial charge on any atom is 0.146 e. The second kappa shape index (κ2) is 4.62. The Kier molecular flexibility index (Phi) is 3.01. The number of nitrogens with one attached hydrogen (secondary N) is 1. The molecule has 2 aromatic rings. The van der Waals surface area contributed by atoms with E-state index in [0.717, 1.165) is 5.56 Å². The van der Waals surface area contributed by atoms with Gasteiger partial charge in [-0.2, -0.15) is 5.26 Å². The van der Waals surface area contributed by atoms with Gasteiger partial charge in [-0.15, -0.1) is 0 Å². The van der Waals surface area contributed by atoms with Crippen molar-refractivity contribution < 1.29 is 4.39 Å². The van der Waals surface area contributed by atoms with Crippen LogP contribution in [0, 0.1) is 24.1 Å². The van der Waals surface area contributed by atoms with Crippen LogP contribution in [0.5, 0.6) is 0 Å². The number of benzene rings is 1. The molecule has 2 rings (SSSR count). The summed E-state index contributed by atoms with van der Waals surface area (Å²) >= 11 is 0. The molecule has 0 spiro atoms. The van der Waals surface area contributed by atoms with Crippen LogP contribution in [0.15, 0.2) is 36.7 Å². The molecule has 4 heteroatoms. The Morgan fingerprint density at radius 2 is 2.12 bits per heavy atom. The fraction of sp³-hybridized carbons (Fsp3) is 0.0769. The number of halogens is 1. The van der Waals surface area contributed by atoms with Crippen molar-refractivity contribution in [3.8, 4) is 6.07 Å². The molecule has 0 radical (unpaired) electrons. The van der Waals surface area contributed by atoms with E-state index in [1.54, 1.807) is 18.2 Å². The third-order valence-corrected chi connectivity index (χ3v) is 2.34. The molecular formula is C13H10FN3. The fourth-order valence-electron chi connectivity index (χ4n) is 1.46. The molecule has 0 saturated heterocycles. The van der Waals surface area contributed by atoms with Crippen molar-refractivity contribution in [3.63, 3.8) is 0 Å². The molecular weight excluding hydrogens is 217 g/mol. The SMILES string of the molecule is Cc1ccc(Nc2cnccc2C#N)c(F)c1. The smallest absolute Gasteiger partial charge is 0.146 e. The fourth-order valence-corrected chi connectivity index (χ4v) is 1.46. The lowest BCUT2D eigenvalue weighted by Crippen LogP contribution is -1.97. The van der Waals surface area contributed by atoms with Gasteiger partial charge in [-0.05, 0) is 30.7 Å². The molecule has 0 aliphatic carbocycles. The molecule has 0 saturated carbocycles. The van der Waals surface area contributed by atoms with Gasteiger partial charge in [0.1, 0.15) is 11.9 Å². The van der Waals surface area contributed by atoms with E-state index in [1.165, 1.54) is 18.5 Å². The Morgan fingerprint density at radius 3 is 2.82 bits per heavy atom. The van der Waals surface area contributed by atoms with Crippen molar-refractivity contribution in [2.24, 2.45) is 0 Å². The predicted octanol–water partition coefficient (Wildman–Crippen LogP) is 3.14. The number of anilines is 2. The Bertz CT molecular complexity index is 587. The van der Waals surface area contributed by atoms with E-state index in [9.17, 15) is 4.39 Å². The lowest BCUT2D eigenvalue weighted by atomic mass is 10.2. The van der Waals surface area contributed by atoms with E-state index in [-0.39, 0.29) is 5.82 Å². The van der Waals surface area contributed by atoms with Crippen LogP contribution < -0.4 is 5.32 Å². The summed E-state index contributed by atoms with van der Waals surface area (Å²) in [5.41, 5.74) is 2.11. The molecule has 0 atom stereocenters. The number of hydrogen-bond donors (Lipinski definition) is 1. The monoisotopic (exact) mass is 227 g/mol. The summed E-state index contributed by atoms with van der Waals surface area (Å²) in [6, 6.07) is 8.47. The van der Waals surface area contributed by atoms with Crippen LogP contribution in [-0.4, -0.2) is 4.98 Å². The molecule has 1 N–H and O–H groups in total. The molecule has 17 heavy (non-hydrogen) atoms. The van der Waals surface area contributed by atoms with E-state index in [2.05, 4.69) is 10.3 Å². The highest BCUT2D eigenvalue weighted by atomic mass is 19.1. The molecule has 0 unspecified atom stereocenters. The third-order valence-electron chi connectivity index (χ3n) is 2.34. The van der Waals surface area contributed by atoms with E-state index in [4.69, 9.17) is 5.26 Å². The second-order valence-electron chi connectivity index (χ2n) is 3.64. The first-order valence-corrected chi connectivity index (χ1v) is 5.08. The summed E-state index contributed by atoms with van der Waals surface area (Å²) < 4.78 is 13.6. The van der Waals surface area contributed by atoms with Crippen molar-refractivity contribution in [1.29, 1.82) is 5.26 Å². The molecule has 1 aromatic carbocycles. The van der Waals surface area contributed by atoms with E-state index >= 15 is 0 Å². The number of hydrogen-bond acceptors (Lipinski definition) is 3. The quantitative estimate of drug-likeness (QED) is 0.857. The number of pyridine rings is 1. The Labute approximate surface area is 98.5 Å². The first-order valence-electron chi connectivity index (χ1n) is 5.08. The van der Waals surface area contributed by atoms with Crippen molar-refractivity contribution in [2.75, 3.05) is 5.32 Å². The zero-order chi connectivity index (χ0) is 12.3. The van der Waals surface area contributed by atoms with Gasteiger partial charge in [-0.25, -0.2) is 4.39 Å². The molecule has 0 aliphatic rings. The largest absolute Gasteiger partial charge is 0.351 e. The Hall–Kier alpha value is -2.41. The van der Waals surface area contributed by atoms with Crippen LogP contribution in [0.3, 0.4) is 0 Å². The number of aryl methyl sites for hydroxylation is 1. The van der Waals surface area contributed by atoms with E-state index in [1.807, 2.05) is 13.0 Å². The number of rotatable bonds is 2. The summed E-state index contributed by atoms with van der Waals surface area (Å²) in [6.07, 6.45) is 3.02. The van der Waals surface area contributed by atoms with E-state index in [0.29, 0.717) is 16.9 Å². The molecule has 1 heterocycles. The highest BCUT2D eigenvalue weighted by molar-refractivity contribution is 5.65. The highest BCUT2D eigenvalue weighted by Crippen LogP contribution is 2.22. The summed E-state index contributed by atoms with van der Waals surface area (Å²) in [5, 5.41) is 11.8. The Balaban J connectivity index is 2.35. The van der Waals surface area contributed by atoms with Crippen LogP contribution in [0.1, 0.15) is 11.1 Å². The average Bonchev–Trinajstić information content (AvgIpc) is 2.33. The molecule has 0 amide bonds. The van der Waals surface area contributed by atoms with Gasteiger partial charge in [0.2, 0.25) is 0 Å². The number of nitriles is 1. The van der Waals surface area contributed by atoms with Crippen molar-refractivity contribution in [2.45, 2.75) is 6.92 Å². The molecule has 84 valence electrons. The molecule has 3 nitrogen and oxygen atoms in total. The Morgan fingerprint density at radius 1 is 1.29 bits per heavy atom. The number of nitrogens with zero attached hydrogens (tertiary/aromatic N) is 2. The summed E-state index contributed by atoms with van der Waals surface area (Å²) in [7, 11) is 0. The van der Waals surface area contributed by atoms with Gasteiger partial charge in [-0.3, -0.25) is 4.98 Å². The van der Waals surface area contributed by atoms with Gasteiger partial charge in [-0.1, -0.05) is 6.07 Å². The minimum absolute atomic E-state index is 0.333. The van der Waals surface area contributed by atoms with Crippen LogP contribution in [0.4, 0.5) is 15.8 Å². The van der Waals surface area contributed by atoms with Crippen LogP contribution in [0.2, 0.25) is 0 Å². The maximum atomic E-state index is 13.6. The zero-order valence-electron chi connectivity index (χ0n) is 9.24. The lowest BCUT2D eigenvalue weighted by Gasteiger charge is -2.08. The van der Waals surface area contributed by atoms with Crippen molar-refractivity contribution in [1.82, 2.24) is 4.98 Å². The second-order valence-corrected chi connectivity index (χ2v) is 3.64. The standard InChI is InChI=1S/C13H10FN3/c1-9-2-3-12(11(14)6-9)17-13-8-16-5-4-10(13)7-15/h2-6,8,17H,1H3. The summed E-state index contributed by atoms with van der Waals surface area (Å²) in [4.78, 5) is 3.90. The minimum Gasteiger partial charge on any atom is -0.351 e. The highest BCUT2D eigenvalue weighted by Gasteiger charge is 2.05. The topological polar surface area (TPSA) is 48.7 Å². The number of aromatic nitrogens is 1. The van der Waals surface area contributed by atoms with Crippen LogP contribution >= 0.6 is 0 Å². The molecule has 0 aliphatic heterocycles. The van der Waals surface area contributed by atoms with Gasteiger partial charge in [0.25, 0.3) is 0 Å². The third kappa shape index (κ3) is 2.40.